The monoisotopic (exact) mass is 352 g/mol. The van der Waals surface area contributed by atoms with E-state index < -0.39 is 38.9 Å². The number of hydrogen-bond acceptors (Lipinski definition) is 8. The number of benzene rings is 1. The number of esters is 1. The topological polar surface area (TPSA) is 113 Å². The van der Waals surface area contributed by atoms with E-state index in [1.807, 2.05) is 0 Å². The summed E-state index contributed by atoms with van der Waals surface area (Å²) in [5.41, 5.74) is 0. The Hall–Kier alpha value is -1.49. The summed E-state index contributed by atoms with van der Waals surface area (Å²) in [4.78, 5) is 11.9. The molecule has 10 heteroatoms. The summed E-state index contributed by atoms with van der Waals surface area (Å²) in [6.07, 6.45) is -0.197. The highest BCUT2D eigenvalue weighted by Gasteiger charge is 2.26. The van der Waals surface area contributed by atoms with Crippen molar-refractivity contribution in [2.45, 2.75) is 12.5 Å². The molecule has 0 fully saturated rings. The molecule has 1 aromatic rings. The Kier molecular flexibility index (Phi) is 6.48. The van der Waals surface area contributed by atoms with Crippen LogP contribution in [0.4, 0.5) is 0 Å². The predicted molar refractivity (Wildman–Crippen MR) is 77.2 cm³/mol. The van der Waals surface area contributed by atoms with E-state index in [1.165, 1.54) is 12.1 Å². The van der Waals surface area contributed by atoms with Gasteiger partial charge in [0.2, 0.25) is 0 Å². The SMILES string of the molecule is CS(=O)(=O)OCCC(OS(C)(=O)=O)C(=O)Oc1ccccc1. The first kappa shape index (κ1) is 18.6. The molecule has 0 amide bonds. The molecule has 0 aliphatic heterocycles. The van der Waals surface area contributed by atoms with Gasteiger partial charge in [-0.3, -0.25) is 8.37 Å². The molecule has 0 heterocycles. The average molecular weight is 352 g/mol. The van der Waals surface area contributed by atoms with Gasteiger partial charge in [0.25, 0.3) is 20.2 Å². The van der Waals surface area contributed by atoms with E-state index in [9.17, 15) is 21.6 Å². The van der Waals surface area contributed by atoms with Crippen molar-refractivity contribution in [1.29, 1.82) is 0 Å². The Morgan fingerprint density at radius 1 is 1.05 bits per heavy atom. The Morgan fingerprint density at radius 2 is 1.64 bits per heavy atom. The quantitative estimate of drug-likeness (QED) is 0.373. The number of carbonyl (C=O) groups excluding carboxylic acids is 1. The van der Waals surface area contributed by atoms with Crippen molar-refractivity contribution in [3.63, 3.8) is 0 Å². The fourth-order valence-corrected chi connectivity index (χ4v) is 2.39. The Morgan fingerprint density at radius 3 is 2.14 bits per heavy atom. The maximum absolute atomic E-state index is 11.9. The fraction of sp³-hybridized carbons (Fsp3) is 0.417. The normalized spacial score (nSPS) is 13.5. The number of carbonyl (C=O) groups is 1. The zero-order valence-corrected chi connectivity index (χ0v) is 13.6. The summed E-state index contributed by atoms with van der Waals surface area (Å²) < 4.78 is 58.1. The Balaban J connectivity index is 2.74. The summed E-state index contributed by atoms with van der Waals surface area (Å²) in [5.74, 6) is -0.757. The maximum atomic E-state index is 11.9. The maximum Gasteiger partial charge on any atom is 0.342 e. The highest BCUT2D eigenvalue weighted by molar-refractivity contribution is 7.86. The van der Waals surface area contributed by atoms with Gasteiger partial charge < -0.3 is 4.74 Å². The van der Waals surface area contributed by atoms with Gasteiger partial charge in [-0.25, -0.2) is 4.79 Å². The molecule has 0 aromatic heterocycles. The molecule has 0 N–H and O–H groups in total. The summed E-state index contributed by atoms with van der Waals surface area (Å²) in [6.45, 7) is -0.414. The molecule has 124 valence electrons. The van der Waals surface area contributed by atoms with Crippen LogP contribution in [0.25, 0.3) is 0 Å². The molecule has 0 saturated carbocycles. The van der Waals surface area contributed by atoms with Gasteiger partial charge in [0.05, 0.1) is 19.1 Å². The zero-order chi connectivity index (χ0) is 16.8. The van der Waals surface area contributed by atoms with Crippen molar-refractivity contribution in [2.24, 2.45) is 0 Å². The van der Waals surface area contributed by atoms with Crippen LogP contribution < -0.4 is 4.74 Å². The van der Waals surface area contributed by atoms with E-state index in [1.54, 1.807) is 18.2 Å². The van der Waals surface area contributed by atoms with Crippen LogP contribution in [0, 0.1) is 0 Å². The minimum Gasteiger partial charge on any atom is -0.425 e. The molecular formula is C12H16O8S2. The van der Waals surface area contributed by atoms with Gasteiger partial charge in [0, 0.05) is 6.42 Å². The first-order valence-electron chi connectivity index (χ1n) is 6.06. The molecule has 0 spiro atoms. The lowest BCUT2D eigenvalue weighted by molar-refractivity contribution is -0.142. The molecule has 0 radical (unpaired) electrons. The smallest absolute Gasteiger partial charge is 0.342 e. The summed E-state index contributed by atoms with van der Waals surface area (Å²) in [6, 6.07) is 7.97. The summed E-state index contributed by atoms with van der Waals surface area (Å²) in [7, 11) is -7.64. The number of ether oxygens (including phenoxy) is 1. The number of hydrogen-bond donors (Lipinski definition) is 0. The van der Waals surface area contributed by atoms with E-state index in [-0.39, 0.29) is 12.2 Å². The second-order valence-corrected chi connectivity index (χ2v) is 7.58. The highest BCUT2D eigenvalue weighted by atomic mass is 32.2. The summed E-state index contributed by atoms with van der Waals surface area (Å²) >= 11 is 0. The average Bonchev–Trinajstić information content (AvgIpc) is 2.35. The van der Waals surface area contributed by atoms with Crippen LogP contribution in [-0.2, 0) is 33.4 Å². The van der Waals surface area contributed by atoms with Gasteiger partial charge in [-0.15, -0.1) is 0 Å². The van der Waals surface area contributed by atoms with E-state index in [0.29, 0.717) is 0 Å². The van der Waals surface area contributed by atoms with Crippen molar-refractivity contribution >= 4 is 26.2 Å². The first-order chi connectivity index (χ1) is 10.1. The number of rotatable bonds is 8. The molecule has 8 nitrogen and oxygen atoms in total. The standard InChI is InChI=1S/C12H16O8S2/c1-21(14,15)18-9-8-11(20-22(2,16)17)12(13)19-10-6-4-3-5-7-10/h3-7,11H,8-9H2,1-2H3. The Labute approximate surface area is 129 Å². The largest absolute Gasteiger partial charge is 0.425 e. The molecule has 1 aromatic carbocycles. The minimum atomic E-state index is -3.93. The van der Waals surface area contributed by atoms with Gasteiger partial charge >= 0.3 is 5.97 Å². The van der Waals surface area contributed by atoms with Crippen molar-refractivity contribution in [1.82, 2.24) is 0 Å². The second-order valence-electron chi connectivity index (χ2n) is 4.34. The predicted octanol–water partition coefficient (Wildman–Crippen LogP) is 0.303. The number of para-hydroxylation sites is 1. The van der Waals surface area contributed by atoms with Crippen molar-refractivity contribution in [3.05, 3.63) is 30.3 Å². The molecule has 0 bridgehead atoms. The van der Waals surface area contributed by atoms with Gasteiger partial charge in [0.1, 0.15) is 5.75 Å². The van der Waals surface area contributed by atoms with E-state index >= 15 is 0 Å². The lowest BCUT2D eigenvalue weighted by Gasteiger charge is -2.15. The summed E-state index contributed by atoms with van der Waals surface area (Å²) in [5, 5.41) is 0. The third kappa shape index (κ3) is 8.08. The first-order valence-corrected chi connectivity index (χ1v) is 9.69. The minimum absolute atomic E-state index is 0.207. The molecular weight excluding hydrogens is 336 g/mol. The third-order valence-electron chi connectivity index (χ3n) is 2.19. The lowest BCUT2D eigenvalue weighted by atomic mass is 10.2. The van der Waals surface area contributed by atoms with E-state index in [2.05, 4.69) is 8.37 Å². The molecule has 22 heavy (non-hydrogen) atoms. The third-order valence-corrected chi connectivity index (χ3v) is 3.37. The van der Waals surface area contributed by atoms with Crippen LogP contribution in [0.2, 0.25) is 0 Å². The Bertz CT molecular complexity index is 694. The van der Waals surface area contributed by atoms with Crippen molar-refractivity contribution < 1.29 is 34.7 Å². The van der Waals surface area contributed by atoms with Crippen LogP contribution in [0.1, 0.15) is 6.42 Å². The second kappa shape index (κ2) is 7.68. The van der Waals surface area contributed by atoms with Crippen LogP contribution >= 0.6 is 0 Å². The van der Waals surface area contributed by atoms with Crippen LogP contribution in [-0.4, -0.2) is 48.0 Å². The van der Waals surface area contributed by atoms with E-state index in [4.69, 9.17) is 4.74 Å². The van der Waals surface area contributed by atoms with Gasteiger partial charge in [0.15, 0.2) is 6.10 Å². The molecule has 0 aliphatic rings. The van der Waals surface area contributed by atoms with Gasteiger partial charge in [-0.05, 0) is 12.1 Å². The molecule has 1 unspecified atom stereocenters. The van der Waals surface area contributed by atoms with Gasteiger partial charge in [-0.2, -0.15) is 16.8 Å². The molecule has 1 rings (SSSR count). The fourth-order valence-electron chi connectivity index (χ4n) is 1.39. The van der Waals surface area contributed by atoms with Crippen LogP contribution in [0.15, 0.2) is 30.3 Å². The van der Waals surface area contributed by atoms with Crippen LogP contribution in [0.3, 0.4) is 0 Å². The zero-order valence-electron chi connectivity index (χ0n) is 12.0. The lowest BCUT2D eigenvalue weighted by Crippen LogP contribution is -2.32. The van der Waals surface area contributed by atoms with Gasteiger partial charge in [-0.1, -0.05) is 18.2 Å². The van der Waals surface area contributed by atoms with Crippen LogP contribution in [0.5, 0.6) is 5.75 Å². The van der Waals surface area contributed by atoms with E-state index in [0.717, 1.165) is 12.5 Å². The molecule has 0 saturated heterocycles. The molecule has 1 atom stereocenters. The van der Waals surface area contributed by atoms with Crippen molar-refractivity contribution in [3.8, 4) is 5.75 Å². The molecule has 0 aliphatic carbocycles. The highest BCUT2D eigenvalue weighted by Crippen LogP contribution is 2.13. The van der Waals surface area contributed by atoms with Crippen molar-refractivity contribution in [2.75, 3.05) is 19.1 Å².